The van der Waals surface area contributed by atoms with Gasteiger partial charge in [0.25, 0.3) is 5.91 Å². The number of hydrogen-bond donors (Lipinski definition) is 1. The molecule has 2 aromatic heterocycles. The molecule has 1 aromatic carbocycles. The number of rotatable bonds is 4. The lowest BCUT2D eigenvalue weighted by atomic mass is 10.0. The van der Waals surface area contributed by atoms with Gasteiger partial charge in [0, 0.05) is 7.05 Å². The van der Waals surface area contributed by atoms with E-state index in [2.05, 4.69) is 24.3 Å². The maximum atomic E-state index is 12.7. The first kappa shape index (κ1) is 16.2. The van der Waals surface area contributed by atoms with Gasteiger partial charge in [0.05, 0.1) is 22.8 Å². The molecule has 0 spiro atoms. The number of imidazole rings is 1. The molecule has 3 rings (SSSR count). The topological polar surface area (TPSA) is 73.0 Å². The Morgan fingerprint density at radius 1 is 1.25 bits per heavy atom. The van der Waals surface area contributed by atoms with Gasteiger partial charge in [-0.2, -0.15) is 0 Å². The summed E-state index contributed by atoms with van der Waals surface area (Å²) in [5.74, 6) is 1.37. The number of fused-ring (bicyclic) bond motifs is 1. The number of nitrogens with one attached hydrogen (secondary N) is 1. The molecular formula is C18H22N4O2. The van der Waals surface area contributed by atoms with Crippen molar-refractivity contribution in [3.63, 3.8) is 0 Å². The SMILES string of the molecule is Cc1noc(C)c1C(=O)NC(c1nc2ccccc2n1C)C(C)C. The Bertz CT molecular complexity index is 872. The molecule has 2 heterocycles. The first-order valence-electron chi connectivity index (χ1n) is 8.05. The third-order valence-electron chi connectivity index (χ3n) is 4.31. The number of para-hydroxylation sites is 2. The summed E-state index contributed by atoms with van der Waals surface area (Å²) in [6, 6.07) is 7.75. The Hall–Kier alpha value is -2.63. The molecule has 1 unspecified atom stereocenters. The van der Waals surface area contributed by atoms with Crippen LogP contribution in [0.4, 0.5) is 0 Å². The molecule has 0 aliphatic rings. The van der Waals surface area contributed by atoms with E-state index in [1.54, 1.807) is 13.8 Å². The second-order valence-corrected chi connectivity index (χ2v) is 6.41. The van der Waals surface area contributed by atoms with Crippen LogP contribution >= 0.6 is 0 Å². The fourth-order valence-electron chi connectivity index (χ4n) is 2.99. The smallest absolute Gasteiger partial charge is 0.257 e. The summed E-state index contributed by atoms with van der Waals surface area (Å²) < 4.78 is 7.14. The quantitative estimate of drug-likeness (QED) is 0.798. The van der Waals surface area contributed by atoms with Crippen molar-refractivity contribution in [2.75, 3.05) is 0 Å². The molecule has 0 saturated carbocycles. The van der Waals surface area contributed by atoms with E-state index >= 15 is 0 Å². The van der Waals surface area contributed by atoms with Gasteiger partial charge >= 0.3 is 0 Å². The average molecular weight is 326 g/mol. The normalized spacial score (nSPS) is 12.8. The number of nitrogens with zero attached hydrogens (tertiary/aromatic N) is 3. The minimum absolute atomic E-state index is 0.183. The average Bonchev–Trinajstić information content (AvgIpc) is 3.05. The molecular weight excluding hydrogens is 304 g/mol. The number of benzene rings is 1. The summed E-state index contributed by atoms with van der Waals surface area (Å²) >= 11 is 0. The van der Waals surface area contributed by atoms with Gasteiger partial charge < -0.3 is 14.4 Å². The molecule has 3 aromatic rings. The fraction of sp³-hybridized carbons (Fsp3) is 0.389. The van der Waals surface area contributed by atoms with Crippen LogP contribution in [0, 0.1) is 19.8 Å². The van der Waals surface area contributed by atoms with Crippen molar-refractivity contribution < 1.29 is 9.32 Å². The highest BCUT2D eigenvalue weighted by Gasteiger charge is 2.26. The molecule has 1 amide bonds. The minimum Gasteiger partial charge on any atom is -0.361 e. The molecule has 0 saturated heterocycles. The molecule has 126 valence electrons. The largest absolute Gasteiger partial charge is 0.361 e. The maximum absolute atomic E-state index is 12.7. The van der Waals surface area contributed by atoms with Crippen LogP contribution in [0.5, 0.6) is 0 Å². The van der Waals surface area contributed by atoms with E-state index in [0.717, 1.165) is 16.9 Å². The lowest BCUT2D eigenvalue weighted by molar-refractivity contribution is 0.0920. The van der Waals surface area contributed by atoms with E-state index < -0.39 is 0 Å². The molecule has 0 bridgehead atoms. The molecule has 0 radical (unpaired) electrons. The monoisotopic (exact) mass is 326 g/mol. The van der Waals surface area contributed by atoms with Crippen LogP contribution in [0.15, 0.2) is 28.8 Å². The second kappa shape index (κ2) is 6.11. The zero-order chi connectivity index (χ0) is 17.4. The van der Waals surface area contributed by atoms with Gasteiger partial charge in [0.2, 0.25) is 0 Å². The fourth-order valence-corrected chi connectivity index (χ4v) is 2.99. The van der Waals surface area contributed by atoms with Gasteiger partial charge in [-0.25, -0.2) is 4.98 Å². The summed E-state index contributed by atoms with van der Waals surface area (Å²) in [5.41, 5.74) is 3.06. The number of aromatic nitrogens is 3. The highest BCUT2D eigenvalue weighted by molar-refractivity contribution is 5.96. The van der Waals surface area contributed by atoms with E-state index in [1.807, 2.05) is 35.9 Å². The van der Waals surface area contributed by atoms with Gasteiger partial charge in [0.15, 0.2) is 0 Å². The van der Waals surface area contributed by atoms with Crippen LogP contribution in [-0.2, 0) is 7.05 Å². The molecule has 0 aliphatic heterocycles. The van der Waals surface area contributed by atoms with Crippen LogP contribution < -0.4 is 5.32 Å². The summed E-state index contributed by atoms with van der Waals surface area (Å²) in [4.78, 5) is 17.4. The van der Waals surface area contributed by atoms with Crippen molar-refractivity contribution in [1.29, 1.82) is 0 Å². The third-order valence-corrected chi connectivity index (χ3v) is 4.31. The summed E-state index contributed by atoms with van der Waals surface area (Å²) in [5, 5.41) is 6.95. The van der Waals surface area contributed by atoms with Gasteiger partial charge in [-0.05, 0) is 31.9 Å². The second-order valence-electron chi connectivity index (χ2n) is 6.41. The van der Waals surface area contributed by atoms with Crippen LogP contribution in [0.25, 0.3) is 11.0 Å². The van der Waals surface area contributed by atoms with Crippen molar-refractivity contribution in [3.05, 3.63) is 47.1 Å². The number of carbonyl (C=O) groups is 1. The Morgan fingerprint density at radius 2 is 1.96 bits per heavy atom. The lowest BCUT2D eigenvalue weighted by Gasteiger charge is -2.22. The molecule has 0 aliphatic carbocycles. The van der Waals surface area contributed by atoms with Gasteiger partial charge in [0.1, 0.15) is 17.1 Å². The van der Waals surface area contributed by atoms with Gasteiger partial charge in [-0.15, -0.1) is 0 Å². The van der Waals surface area contributed by atoms with Crippen molar-refractivity contribution in [2.24, 2.45) is 13.0 Å². The number of hydrogen-bond acceptors (Lipinski definition) is 4. The Balaban J connectivity index is 1.98. The molecule has 24 heavy (non-hydrogen) atoms. The first-order valence-corrected chi connectivity index (χ1v) is 8.05. The molecule has 0 fully saturated rings. The van der Waals surface area contributed by atoms with E-state index in [1.165, 1.54) is 0 Å². The Kier molecular flexibility index (Phi) is 4.13. The van der Waals surface area contributed by atoms with Crippen LogP contribution in [0.2, 0.25) is 0 Å². The molecule has 1 atom stereocenters. The number of carbonyl (C=O) groups excluding carboxylic acids is 1. The van der Waals surface area contributed by atoms with E-state index in [9.17, 15) is 4.79 Å². The number of aryl methyl sites for hydroxylation is 3. The third kappa shape index (κ3) is 2.68. The summed E-state index contributed by atoms with van der Waals surface area (Å²) in [6.07, 6.45) is 0. The highest BCUT2D eigenvalue weighted by atomic mass is 16.5. The zero-order valence-corrected chi connectivity index (χ0v) is 14.6. The van der Waals surface area contributed by atoms with E-state index in [-0.39, 0.29) is 17.9 Å². The van der Waals surface area contributed by atoms with Gasteiger partial charge in [-0.1, -0.05) is 31.1 Å². The Labute approximate surface area is 140 Å². The zero-order valence-electron chi connectivity index (χ0n) is 14.6. The van der Waals surface area contributed by atoms with Crippen LogP contribution in [0.3, 0.4) is 0 Å². The first-order chi connectivity index (χ1) is 11.4. The molecule has 6 nitrogen and oxygen atoms in total. The highest BCUT2D eigenvalue weighted by Crippen LogP contribution is 2.25. The lowest BCUT2D eigenvalue weighted by Crippen LogP contribution is -2.34. The maximum Gasteiger partial charge on any atom is 0.257 e. The minimum atomic E-state index is -0.205. The van der Waals surface area contributed by atoms with Gasteiger partial charge in [-0.3, -0.25) is 4.79 Å². The Morgan fingerprint density at radius 3 is 2.54 bits per heavy atom. The van der Waals surface area contributed by atoms with Crippen molar-refractivity contribution >= 4 is 16.9 Å². The van der Waals surface area contributed by atoms with Crippen LogP contribution in [-0.4, -0.2) is 20.6 Å². The molecule has 6 heteroatoms. The summed E-state index contributed by atoms with van der Waals surface area (Å²) in [7, 11) is 1.97. The predicted molar refractivity (Wildman–Crippen MR) is 91.7 cm³/mol. The van der Waals surface area contributed by atoms with Crippen molar-refractivity contribution in [2.45, 2.75) is 33.7 Å². The van der Waals surface area contributed by atoms with E-state index in [0.29, 0.717) is 17.0 Å². The van der Waals surface area contributed by atoms with Crippen LogP contribution in [0.1, 0.15) is 47.5 Å². The molecule has 1 N–H and O–H groups in total. The van der Waals surface area contributed by atoms with E-state index in [4.69, 9.17) is 9.51 Å². The van der Waals surface area contributed by atoms with Crippen molar-refractivity contribution in [1.82, 2.24) is 20.0 Å². The standard InChI is InChI=1S/C18H22N4O2/c1-10(2)16(20-18(23)15-11(3)21-24-12(15)4)17-19-13-8-6-7-9-14(13)22(17)5/h6-10,16H,1-5H3,(H,20,23). The number of amides is 1. The predicted octanol–water partition coefficient (Wildman–Crippen LogP) is 3.31. The van der Waals surface area contributed by atoms with Crippen molar-refractivity contribution in [3.8, 4) is 0 Å². The summed E-state index contributed by atoms with van der Waals surface area (Å²) in [6.45, 7) is 7.65.